The first-order chi connectivity index (χ1) is 8.69. The van der Waals surface area contributed by atoms with E-state index in [9.17, 15) is 9.90 Å². The Hall–Kier alpha value is -1.77. The van der Waals surface area contributed by atoms with Crippen LogP contribution < -0.4 is 0 Å². The van der Waals surface area contributed by atoms with Crippen LogP contribution in [0.5, 0.6) is 0 Å². The maximum Gasteiger partial charge on any atom is 0.336 e. The van der Waals surface area contributed by atoms with E-state index >= 15 is 0 Å². The van der Waals surface area contributed by atoms with Gasteiger partial charge in [-0.15, -0.1) is 0 Å². The van der Waals surface area contributed by atoms with E-state index in [1.165, 1.54) is 0 Å². The summed E-state index contributed by atoms with van der Waals surface area (Å²) in [6.07, 6.45) is 5.27. The summed E-state index contributed by atoms with van der Waals surface area (Å²) in [6.45, 7) is 5.10. The number of benzene rings is 1. The molecule has 0 spiro atoms. The maximum atomic E-state index is 11.3. The van der Waals surface area contributed by atoms with Crippen molar-refractivity contribution in [2.24, 2.45) is 0 Å². The van der Waals surface area contributed by atoms with E-state index in [0.717, 1.165) is 42.3 Å². The maximum absolute atomic E-state index is 11.3. The van der Waals surface area contributed by atoms with Crippen molar-refractivity contribution in [1.29, 1.82) is 0 Å². The summed E-state index contributed by atoms with van der Waals surface area (Å²) in [7, 11) is 0. The van der Waals surface area contributed by atoms with E-state index in [-0.39, 0.29) is 0 Å². The minimum atomic E-state index is -0.841. The molecule has 1 heterocycles. The number of carboxylic acid groups (broad SMARTS) is 1. The Morgan fingerprint density at radius 3 is 2.72 bits per heavy atom. The van der Waals surface area contributed by atoms with Crippen LogP contribution in [0.4, 0.5) is 0 Å². The Labute approximate surface area is 107 Å². The quantitative estimate of drug-likeness (QED) is 0.872. The zero-order chi connectivity index (χ0) is 13.1. The lowest BCUT2D eigenvalue weighted by Crippen LogP contribution is -1.98. The highest BCUT2D eigenvalue weighted by molar-refractivity contribution is 6.04. The fourth-order valence-corrected chi connectivity index (χ4v) is 2.44. The fourth-order valence-electron chi connectivity index (χ4n) is 2.44. The molecule has 0 unspecified atom stereocenters. The van der Waals surface area contributed by atoms with Gasteiger partial charge in [0.25, 0.3) is 0 Å². The molecule has 3 heteroatoms. The summed E-state index contributed by atoms with van der Waals surface area (Å²) in [6, 6.07) is 5.52. The molecule has 0 aliphatic carbocycles. The zero-order valence-electron chi connectivity index (χ0n) is 10.9. The van der Waals surface area contributed by atoms with E-state index in [0.29, 0.717) is 5.56 Å². The van der Waals surface area contributed by atoms with Gasteiger partial charge >= 0.3 is 5.97 Å². The predicted octanol–water partition coefficient (Wildman–Crippen LogP) is 3.70. The Bertz CT molecular complexity index is 569. The Morgan fingerprint density at radius 2 is 2.11 bits per heavy atom. The predicted molar refractivity (Wildman–Crippen MR) is 73.2 cm³/mol. The number of hydrogen-bond acceptors (Lipinski definition) is 1. The molecule has 2 rings (SSSR count). The van der Waals surface area contributed by atoms with Gasteiger partial charge in [0, 0.05) is 23.6 Å². The highest BCUT2D eigenvalue weighted by Crippen LogP contribution is 2.26. The molecule has 0 saturated carbocycles. The number of rotatable bonds is 5. The normalized spacial score (nSPS) is 11.0. The van der Waals surface area contributed by atoms with E-state index in [4.69, 9.17) is 0 Å². The molecule has 0 radical (unpaired) electrons. The highest BCUT2D eigenvalue weighted by Gasteiger charge is 2.15. The Kier molecular flexibility index (Phi) is 3.70. The van der Waals surface area contributed by atoms with Gasteiger partial charge in [0.2, 0.25) is 0 Å². The van der Waals surface area contributed by atoms with Crippen LogP contribution in [0.1, 0.15) is 42.6 Å². The topological polar surface area (TPSA) is 42.2 Å². The van der Waals surface area contributed by atoms with Crippen LogP contribution in [0.3, 0.4) is 0 Å². The molecule has 96 valence electrons. The van der Waals surface area contributed by atoms with Crippen molar-refractivity contribution in [2.45, 2.75) is 39.7 Å². The van der Waals surface area contributed by atoms with Crippen molar-refractivity contribution >= 4 is 16.9 Å². The number of unbranched alkanes of at least 4 members (excludes halogenated alkanes) is 1. The third-order valence-corrected chi connectivity index (χ3v) is 3.36. The van der Waals surface area contributed by atoms with Crippen molar-refractivity contribution in [3.63, 3.8) is 0 Å². The summed E-state index contributed by atoms with van der Waals surface area (Å²) >= 11 is 0. The van der Waals surface area contributed by atoms with E-state index in [2.05, 4.69) is 24.6 Å². The number of carbonyl (C=O) groups is 1. The second-order valence-corrected chi connectivity index (χ2v) is 4.55. The minimum Gasteiger partial charge on any atom is -0.478 e. The summed E-state index contributed by atoms with van der Waals surface area (Å²) in [5.41, 5.74) is 2.61. The van der Waals surface area contributed by atoms with E-state index in [1.54, 1.807) is 6.07 Å². The van der Waals surface area contributed by atoms with Gasteiger partial charge in [0.05, 0.1) is 5.56 Å². The Balaban J connectivity index is 2.65. The number of fused-ring (bicyclic) bond motifs is 1. The zero-order valence-corrected chi connectivity index (χ0v) is 10.9. The average molecular weight is 245 g/mol. The third-order valence-electron chi connectivity index (χ3n) is 3.36. The molecule has 0 atom stereocenters. The summed E-state index contributed by atoms with van der Waals surface area (Å²) in [5.74, 6) is -0.841. The number of aromatic nitrogens is 1. The van der Waals surface area contributed by atoms with Crippen LogP contribution >= 0.6 is 0 Å². The van der Waals surface area contributed by atoms with Gasteiger partial charge in [-0.2, -0.15) is 0 Å². The first kappa shape index (κ1) is 12.7. The molecule has 18 heavy (non-hydrogen) atoms. The lowest BCUT2D eigenvalue weighted by Gasteiger charge is -2.02. The second-order valence-electron chi connectivity index (χ2n) is 4.55. The minimum absolute atomic E-state index is 0.422. The van der Waals surface area contributed by atoms with Crippen LogP contribution in [0, 0.1) is 0 Å². The lowest BCUT2D eigenvalue weighted by molar-refractivity contribution is 0.0699. The summed E-state index contributed by atoms with van der Waals surface area (Å²) in [5, 5.41) is 10.2. The van der Waals surface area contributed by atoms with Gasteiger partial charge in [0.15, 0.2) is 0 Å². The van der Waals surface area contributed by atoms with E-state index < -0.39 is 5.97 Å². The fraction of sp³-hybridized carbons (Fsp3) is 0.400. The first-order valence-electron chi connectivity index (χ1n) is 6.53. The van der Waals surface area contributed by atoms with Crippen LogP contribution in [0.25, 0.3) is 10.9 Å². The SMILES string of the molecule is CCCCc1cn(CC)c2cccc(C(=O)O)c12. The van der Waals surface area contributed by atoms with Crippen molar-refractivity contribution in [3.8, 4) is 0 Å². The summed E-state index contributed by atoms with van der Waals surface area (Å²) in [4.78, 5) is 11.3. The highest BCUT2D eigenvalue weighted by atomic mass is 16.4. The smallest absolute Gasteiger partial charge is 0.336 e. The first-order valence-corrected chi connectivity index (χ1v) is 6.53. The largest absolute Gasteiger partial charge is 0.478 e. The van der Waals surface area contributed by atoms with Crippen molar-refractivity contribution in [2.75, 3.05) is 0 Å². The standard InChI is InChI=1S/C15H19NO2/c1-3-5-7-11-10-16(4-2)13-9-6-8-12(14(11)13)15(17)18/h6,8-10H,3-5,7H2,1-2H3,(H,17,18). The molecule has 0 aliphatic rings. The number of hydrogen-bond donors (Lipinski definition) is 1. The van der Waals surface area contributed by atoms with Crippen molar-refractivity contribution in [3.05, 3.63) is 35.5 Å². The van der Waals surface area contributed by atoms with Crippen LogP contribution in [-0.2, 0) is 13.0 Å². The number of aromatic carboxylic acids is 1. The molecule has 1 aromatic carbocycles. The molecule has 0 saturated heterocycles. The van der Waals surface area contributed by atoms with Gasteiger partial charge in [-0.25, -0.2) is 4.79 Å². The molecular formula is C15H19NO2. The molecule has 0 fully saturated rings. The molecular weight excluding hydrogens is 226 g/mol. The van der Waals surface area contributed by atoms with Crippen LogP contribution in [0.2, 0.25) is 0 Å². The number of carboxylic acids is 1. The second kappa shape index (κ2) is 5.25. The number of aryl methyl sites for hydroxylation is 2. The molecule has 2 aromatic rings. The van der Waals surface area contributed by atoms with Gasteiger partial charge in [0.1, 0.15) is 0 Å². The third kappa shape index (κ3) is 2.13. The van der Waals surface area contributed by atoms with Crippen LogP contribution in [0.15, 0.2) is 24.4 Å². The number of nitrogens with zero attached hydrogens (tertiary/aromatic N) is 1. The molecule has 0 aliphatic heterocycles. The molecule has 0 amide bonds. The monoisotopic (exact) mass is 245 g/mol. The molecule has 1 N–H and O–H groups in total. The average Bonchev–Trinajstić information content (AvgIpc) is 2.74. The van der Waals surface area contributed by atoms with Gasteiger partial charge in [-0.3, -0.25) is 0 Å². The Morgan fingerprint density at radius 1 is 1.33 bits per heavy atom. The molecule has 1 aromatic heterocycles. The summed E-state index contributed by atoms with van der Waals surface area (Å²) < 4.78 is 2.13. The van der Waals surface area contributed by atoms with Gasteiger partial charge in [-0.05, 0) is 37.5 Å². The van der Waals surface area contributed by atoms with Gasteiger partial charge < -0.3 is 9.67 Å². The lowest BCUT2D eigenvalue weighted by atomic mass is 10.0. The molecule has 3 nitrogen and oxygen atoms in total. The van der Waals surface area contributed by atoms with Crippen molar-refractivity contribution in [1.82, 2.24) is 4.57 Å². The van der Waals surface area contributed by atoms with Gasteiger partial charge in [-0.1, -0.05) is 19.4 Å². The van der Waals surface area contributed by atoms with E-state index in [1.807, 2.05) is 12.1 Å². The molecule has 0 bridgehead atoms. The van der Waals surface area contributed by atoms with Crippen molar-refractivity contribution < 1.29 is 9.90 Å². The van der Waals surface area contributed by atoms with Crippen LogP contribution in [-0.4, -0.2) is 15.6 Å².